The lowest BCUT2D eigenvalue weighted by Crippen LogP contribution is -2.30. The fourth-order valence-electron chi connectivity index (χ4n) is 5.13. The average molecular weight is 508 g/mol. The third kappa shape index (κ3) is 4.64. The van der Waals surface area contributed by atoms with Gasteiger partial charge in [-0.3, -0.25) is 0 Å². The van der Waals surface area contributed by atoms with Crippen molar-refractivity contribution in [1.82, 2.24) is 24.9 Å². The molecule has 0 aliphatic carbocycles. The Labute approximate surface area is 220 Å². The second-order valence-electron chi connectivity index (χ2n) is 9.62. The summed E-state index contributed by atoms with van der Waals surface area (Å²) in [6.45, 7) is 6.11. The van der Waals surface area contributed by atoms with Crippen LogP contribution in [0.4, 0.5) is 11.8 Å². The van der Waals surface area contributed by atoms with Crippen molar-refractivity contribution in [3.63, 3.8) is 0 Å². The summed E-state index contributed by atoms with van der Waals surface area (Å²) in [6, 6.07) is 14.7. The van der Waals surface area contributed by atoms with Crippen LogP contribution in [-0.2, 0) is 0 Å². The first-order valence-corrected chi connectivity index (χ1v) is 13.6. The van der Waals surface area contributed by atoms with Gasteiger partial charge in [-0.15, -0.1) is 11.3 Å². The summed E-state index contributed by atoms with van der Waals surface area (Å²) in [7, 11) is 0. The molecule has 1 aliphatic rings. The first-order valence-electron chi connectivity index (χ1n) is 12.7. The van der Waals surface area contributed by atoms with Crippen molar-refractivity contribution in [2.24, 2.45) is 0 Å². The minimum atomic E-state index is -0.0127. The zero-order valence-electron chi connectivity index (χ0n) is 21.1. The zero-order chi connectivity index (χ0) is 25.4. The van der Waals surface area contributed by atoms with Crippen LogP contribution in [0.3, 0.4) is 0 Å². The number of aryl methyl sites for hydroxylation is 1. The van der Waals surface area contributed by atoms with E-state index in [1.54, 1.807) is 11.3 Å². The molecule has 2 aromatic carbocycles. The Balaban J connectivity index is 1.35. The van der Waals surface area contributed by atoms with Crippen molar-refractivity contribution in [2.45, 2.75) is 39.0 Å². The number of aromatic nitrogens is 5. The van der Waals surface area contributed by atoms with Gasteiger partial charge in [0, 0.05) is 48.1 Å². The number of fused-ring (bicyclic) bond motifs is 1. The molecule has 0 unspecified atom stereocenters. The zero-order valence-corrected chi connectivity index (χ0v) is 21.9. The molecular formula is C29H29N7S. The van der Waals surface area contributed by atoms with Crippen molar-refractivity contribution in [3.05, 3.63) is 77.3 Å². The number of nitrogen functional groups attached to an aromatic ring is 1. The molecule has 37 heavy (non-hydrogen) atoms. The maximum atomic E-state index is 6.54. The Hall–Kier alpha value is -3.91. The first-order chi connectivity index (χ1) is 18.1. The van der Waals surface area contributed by atoms with Crippen molar-refractivity contribution >= 4 is 33.3 Å². The molecule has 0 amide bonds. The summed E-state index contributed by atoms with van der Waals surface area (Å²) < 4.78 is 1.13. The second-order valence-corrected chi connectivity index (χ2v) is 10.5. The van der Waals surface area contributed by atoms with Gasteiger partial charge < -0.3 is 10.6 Å². The lowest BCUT2D eigenvalue weighted by atomic mass is 9.88. The normalized spacial score (nSPS) is 14.7. The minimum absolute atomic E-state index is 0.0127. The average Bonchev–Trinajstić information content (AvgIpc) is 3.41. The molecule has 1 aliphatic heterocycles. The summed E-state index contributed by atoms with van der Waals surface area (Å²) in [4.78, 5) is 25.4. The predicted molar refractivity (Wildman–Crippen MR) is 151 cm³/mol. The molecule has 3 aromatic heterocycles. The van der Waals surface area contributed by atoms with E-state index in [0.29, 0.717) is 11.6 Å². The van der Waals surface area contributed by atoms with Gasteiger partial charge in [-0.2, -0.15) is 0 Å². The fraction of sp³-hybridized carbons (Fsp3) is 0.276. The van der Waals surface area contributed by atoms with E-state index in [9.17, 15) is 0 Å². The van der Waals surface area contributed by atoms with Gasteiger partial charge in [-0.1, -0.05) is 37.3 Å². The molecule has 1 saturated heterocycles. The molecule has 0 radical (unpaired) electrons. The number of thiazole rings is 1. The van der Waals surface area contributed by atoms with E-state index >= 15 is 0 Å². The molecule has 2 N–H and O–H groups in total. The molecule has 8 heteroatoms. The van der Waals surface area contributed by atoms with Gasteiger partial charge in [0.05, 0.1) is 21.4 Å². The second kappa shape index (κ2) is 9.86. The first kappa shape index (κ1) is 23.5. The van der Waals surface area contributed by atoms with Gasteiger partial charge in [0.1, 0.15) is 11.6 Å². The Morgan fingerprint density at radius 1 is 0.892 bits per heavy atom. The molecule has 6 rings (SSSR count). The van der Waals surface area contributed by atoms with E-state index in [-0.39, 0.29) is 5.92 Å². The van der Waals surface area contributed by atoms with Crippen LogP contribution >= 0.6 is 11.3 Å². The van der Waals surface area contributed by atoms with Crippen molar-refractivity contribution in [2.75, 3.05) is 23.7 Å². The number of anilines is 2. The number of nitrogens with two attached hydrogens (primary N) is 1. The van der Waals surface area contributed by atoms with Crippen molar-refractivity contribution < 1.29 is 0 Å². The Kier molecular flexibility index (Phi) is 6.26. The van der Waals surface area contributed by atoms with Crippen LogP contribution < -0.4 is 10.6 Å². The van der Waals surface area contributed by atoms with E-state index in [0.717, 1.165) is 62.8 Å². The van der Waals surface area contributed by atoms with E-state index in [4.69, 9.17) is 10.7 Å². The van der Waals surface area contributed by atoms with E-state index in [1.165, 1.54) is 19.3 Å². The van der Waals surface area contributed by atoms with Crippen LogP contribution in [0.25, 0.3) is 32.6 Å². The number of hydrogen-bond donors (Lipinski definition) is 1. The molecule has 1 fully saturated rings. The molecule has 1 atom stereocenters. The number of piperidine rings is 1. The van der Waals surface area contributed by atoms with Crippen LogP contribution in [0, 0.1) is 6.92 Å². The summed E-state index contributed by atoms with van der Waals surface area (Å²) in [6.07, 6.45) is 7.56. The number of rotatable bonds is 5. The van der Waals surface area contributed by atoms with Crippen molar-refractivity contribution in [1.29, 1.82) is 0 Å². The highest BCUT2D eigenvalue weighted by molar-refractivity contribution is 7.16. The molecule has 0 spiro atoms. The SMILES string of the molecule is Cc1nc(N)c([C@@H](C)c2cccc(-c3cnc(N4CCCCC4)nc3)c2)c(-c2ccc3ncsc3c2)n1. The topological polar surface area (TPSA) is 93.7 Å². The van der Waals surface area contributed by atoms with Crippen molar-refractivity contribution in [3.8, 4) is 22.4 Å². The Morgan fingerprint density at radius 2 is 1.70 bits per heavy atom. The van der Waals surface area contributed by atoms with Crippen LogP contribution in [-0.4, -0.2) is 38.0 Å². The standard InChI is InChI=1S/C29H29N7S/c1-18(26-27(34-19(2)35-28(26)30)22-9-10-24-25(14-22)37-17-33-24)20-7-6-8-21(13-20)23-15-31-29(32-16-23)36-11-4-3-5-12-36/h6-10,13-18H,3-5,11-12H2,1-2H3,(H2,30,34,35)/t18-/m0/s1. The summed E-state index contributed by atoms with van der Waals surface area (Å²) in [5.41, 5.74) is 15.4. The molecule has 0 bridgehead atoms. The Bertz CT molecular complexity index is 1550. The molecule has 5 aromatic rings. The molecule has 7 nitrogen and oxygen atoms in total. The van der Waals surface area contributed by atoms with Gasteiger partial charge in [-0.05, 0) is 49.4 Å². The van der Waals surface area contributed by atoms with Crippen LogP contribution in [0.5, 0.6) is 0 Å². The summed E-state index contributed by atoms with van der Waals surface area (Å²) in [5.74, 6) is 1.98. The van der Waals surface area contributed by atoms with E-state index < -0.39 is 0 Å². The number of nitrogens with zero attached hydrogens (tertiary/aromatic N) is 6. The fourth-order valence-corrected chi connectivity index (χ4v) is 5.85. The number of hydrogen-bond acceptors (Lipinski definition) is 8. The molecule has 0 saturated carbocycles. The van der Waals surface area contributed by atoms with Gasteiger partial charge in [0.2, 0.25) is 5.95 Å². The lowest BCUT2D eigenvalue weighted by Gasteiger charge is -2.26. The molecule has 186 valence electrons. The Morgan fingerprint density at radius 3 is 2.51 bits per heavy atom. The van der Waals surface area contributed by atoms with E-state index in [1.807, 2.05) is 30.9 Å². The molecule has 4 heterocycles. The van der Waals surface area contributed by atoms with Crippen LogP contribution in [0.1, 0.15) is 49.1 Å². The minimum Gasteiger partial charge on any atom is -0.383 e. The van der Waals surface area contributed by atoms with Gasteiger partial charge in [0.15, 0.2) is 0 Å². The maximum absolute atomic E-state index is 6.54. The van der Waals surface area contributed by atoms with Crippen LogP contribution in [0.2, 0.25) is 0 Å². The van der Waals surface area contributed by atoms with E-state index in [2.05, 4.69) is 68.2 Å². The number of benzene rings is 2. The lowest BCUT2D eigenvalue weighted by molar-refractivity contribution is 0.568. The van der Waals surface area contributed by atoms with Gasteiger partial charge in [-0.25, -0.2) is 24.9 Å². The van der Waals surface area contributed by atoms with Crippen LogP contribution in [0.15, 0.2) is 60.4 Å². The molecular weight excluding hydrogens is 478 g/mol. The third-order valence-corrected chi connectivity index (χ3v) is 7.91. The van der Waals surface area contributed by atoms with Gasteiger partial charge >= 0.3 is 0 Å². The highest BCUT2D eigenvalue weighted by Gasteiger charge is 2.21. The highest BCUT2D eigenvalue weighted by atomic mass is 32.1. The predicted octanol–water partition coefficient (Wildman–Crippen LogP) is 6.24. The maximum Gasteiger partial charge on any atom is 0.225 e. The third-order valence-electron chi connectivity index (χ3n) is 7.12. The smallest absolute Gasteiger partial charge is 0.225 e. The monoisotopic (exact) mass is 507 g/mol. The summed E-state index contributed by atoms with van der Waals surface area (Å²) in [5, 5.41) is 0. The summed E-state index contributed by atoms with van der Waals surface area (Å²) >= 11 is 1.62. The quantitative estimate of drug-likeness (QED) is 0.301. The van der Waals surface area contributed by atoms with Gasteiger partial charge in [0.25, 0.3) is 0 Å². The highest BCUT2D eigenvalue weighted by Crippen LogP contribution is 2.37. The largest absolute Gasteiger partial charge is 0.383 e.